The molecule has 1 aromatic carbocycles. The number of carbonyl (C=O) groups excluding carboxylic acids is 1. The fourth-order valence-corrected chi connectivity index (χ4v) is 3.42. The lowest BCUT2D eigenvalue weighted by Crippen LogP contribution is -2.40. The van der Waals surface area contributed by atoms with Crippen LogP contribution in [0.15, 0.2) is 42.6 Å². The van der Waals surface area contributed by atoms with Gasteiger partial charge in [0.2, 0.25) is 0 Å². The minimum absolute atomic E-state index is 0.0697. The van der Waals surface area contributed by atoms with Gasteiger partial charge in [0.15, 0.2) is 0 Å². The van der Waals surface area contributed by atoms with Gasteiger partial charge in [-0.2, -0.15) is 13.2 Å². The third-order valence-electron chi connectivity index (χ3n) is 4.88. The number of hydrogen-bond acceptors (Lipinski definition) is 2. The summed E-state index contributed by atoms with van der Waals surface area (Å²) < 4.78 is 51.1. The molecule has 1 amide bonds. The number of hydrogen-bond donors (Lipinski definition) is 0. The second kappa shape index (κ2) is 8.06. The maximum absolute atomic E-state index is 13.0. The molecule has 1 saturated carbocycles. The first-order valence-corrected chi connectivity index (χ1v) is 8.93. The van der Waals surface area contributed by atoms with Crippen molar-refractivity contribution in [3.05, 3.63) is 65.2 Å². The molecule has 1 heterocycles. The fourth-order valence-electron chi connectivity index (χ4n) is 3.42. The summed E-state index contributed by atoms with van der Waals surface area (Å²) in [6, 6.07) is 8.17. The Morgan fingerprint density at radius 2 is 1.74 bits per heavy atom. The van der Waals surface area contributed by atoms with Crippen LogP contribution in [0.2, 0.25) is 0 Å². The average molecular weight is 380 g/mol. The molecular weight excluding hydrogens is 360 g/mol. The first kappa shape index (κ1) is 19.3. The number of rotatable bonds is 5. The Labute approximate surface area is 155 Å². The minimum Gasteiger partial charge on any atom is -0.335 e. The van der Waals surface area contributed by atoms with Crippen LogP contribution < -0.4 is 0 Å². The molecule has 0 atom stereocenters. The quantitative estimate of drug-likeness (QED) is 0.694. The molecule has 3 nitrogen and oxygen atoms in total. The van der Waals surface area contributed by atoms with E-state index in [1.165, 1.54) is 18.2 Å². The van der Waals surface area contributed by atoms with Gasteiger partial charge in [0, 0.05) is 18.8 Å². The van der Waals surface area contributed by atoms with Crippen molar-refractivity contribution in [1.29, 1.82) is 0 Å². The largest absolute Gasteiger partial charge is 0.433 e. The summed E-state index contributed by atoms with van der Waals surface area (Å²) in [6.45, 7) is 0.427. The van der Waals surface area contributed by atoms with E-state index in [2.05, 4.69) is 4.98 Å². The van der Waals surface area contributed by atoms with Crippen molar-refractivity contribution >= 4 is 5.91 Å². The molecule has 1 aliphatic rings. The van der Waals surface area contributed by atoms with E-state index in [0.29, 0.717) is 13.0 Å². The Morgan fingerprint density at radius 3 is 2.30 bits per heavy atom. The first-order valence-electron chi connectivity index (χ1n) is 8.93. The van der Waals surface area contributed by atoms with Crippen molar-refractivity contribution in [3.63, 3.8) is 0 Å². The highest BCUT2D eigenvalue weighted by molar-refractivity contribution is 5.94. The van der Waals surface area contributed by atoms with Crippen LogP contribution in [0.1, 0.15) is 47.3 Å². The molecule has 7 heteroatoms. The number of halogens is 4. The van der Waals surface area contributed by atoms with Crippen LogP contribution in [-0.4, -0.2) is 28.4 Å². The Bertz CT molecular complexity index is 766. The lowest BCUT2D eigenvalue weighted by Gasteiger charge is -2.29. The average Bonchev–Trinajstić information content (AvgIpc) is 3.17. The van der Waals surface area contributed by atoms with Crippen molar-refractivity contribution < 1.29 is 22.4 Å². The standard InChI is InChI=1S/C20H20F4N2O/c21-16-8-5-14(6-9-16)11-12-26(17-3-1-2-4-17)19(27)15-7-10-18(25-13-15)20(22,23)24/h5-10,13,17H,1-4,11-12H2. The smallest absolute Gasteiger partial charge is 0.335 e. The Balaban J connectivity index is 1.75. The van der Waals surface area contributed by atoms with Crippen molar-refractivity contribution in [2.24, 2.45) is 0 Å². The third kappa shape index (κ3) is 4.84. The number of carbonyl (C=O) groups is 1. The summed E-state index contributed by atoms with van der Waals surface area (Å²) in [4.78, 5) is 18.0. The van der Waals surface area contributed by atoms with Gasteiger partial charge < -0.3 is 4.90 Å². The van der Waals surface area contributed by atoms with E-state index in [1.807, 2.05) is 0 Å². The predicted molar refractivity (Wildman–Crippen MR) is 92.6 cm³/mol. The Morgan fingerprint density at radius 1 is 1.07 bits per heavy atom. The number of benzene rings is 1. The van der Waals surface area contributed by atoms with E-state index in [1.54, 1.807) is 17.0 Å². The molecule has 0 N–H and O–H groups in total. The van der Waals surface area contributed by atoms with E-state index < -0.39 is 11.9 Å². The van der Waals surface area contributed by atoms with E-state index in [9.17, 15) is 22.4 Å². The number of pyridine rings is 1. The molecule has 0 aliphatic heterocycles. The van der Waals surface area contributed by atoms with Crippen LogP contribution in [0, 0.1) is 5.82 Å². The maximum atomic E-state index is 13.0. The van der Waals surface area contributed by atoms with E-state index in [0.717, 1.165) is 43.5 Å². The van der Waals surface area contributed by atoms with Gasteiger partial charge >= 0.3 is 6.18 Å². The van der Waals surface area contributed by atoms with Crippen molar-refractivity contribution in [1.82, 2.24) is 9.88 Å². The van der Waals surface area contributed by atoms with E-state index >= 15 is 0 Å². The zero-order valence-corrected chi connectivity index (χ0v) is 14.7. The maximum Gasteiger partial charge on any atom is 0.433 e. The van der Waals surface area contributed by atoms with Crippen LogP contribution in [0.3, 0.4) is 0 Å². The van der Waals surface area contributed by atoms with Gasteiger partial charge in [0.1, 0.15) is 11.5 Å². The zero-order valence-electron chi connectivity index (χ0n) is 14.7. The van der Waals surface area contributed by atoms with Crippen LogP contribution in [-0.2, 0) is 12.6 Å². The van der Waals surface area contributed by atoms with Gasteiger partial charge in [-0.05, 0) is 49.1 Å². The number of alkyl halides is 3. The van der Waals surface area contributed by atoms with Gasteiger partial charge in [0.05, 0.1) is 5.56 Å². The zero-order chi connectivity index (χ0) is 19.4. The van der Waals surface area contributed by atoms with Crippen LogP contribution in [0.4, 0.5) is 17.6 Å². The molecular formula is C20H20F4N2O. The molecule has 0 bridgehead atoms. The normalized spacial score (nSPS) is 15.1. The Hall–Kier alpha value is -2.44. The molecule has 3 rings (SSSR count). The van der Waals surface area contributed by atoms with Gasteiger partial charge in [-0.1, -0.05) is 25.0 Å². The highest BCUT2D eigenvalue weighted by atomic mass is 19.4. The number of aromatic nitrogens is 1. The summed E-state index contributed by atoms with van der Waals surface area (Å²) in [5, 5.41) is 0. The first-order chi connectivity index (χ1) is 12.8. The van der Waals surface area contributed by atoms with Gasteiger partial charge in [0.25, 0.3) is 5.91 Å². The molecule has 27 heavy (non-hydrogen) atoms. The van der Waals surface area contributed by atoms with Crippen molar-refractivity contribution in [3.8, 4) is 0 Å². The summed E-state index contributed by atoms with van der Waals surface area (Å²) in [7, 11) is 0. The lowest BCUT2D eigenvalue weighted by atomic mass is 10.1. The molecule has 2 aromatic rings. The van der Waals surface area contributed by atoms with Gasteiger partial charge in [-0.25, -0.2) is 4.39 Å². The fraction of sp³-hybridized carbons (Fsp3) is 0.400. The minimum atomic E-state index is -4.53. The second-order valence-electron chi connectivity index (χ2n) is 6.74. The predicted octanol–water partition coefficient (Wildman–Crippen LogP) is 4.87. The molecule has 144 valence electrons. The highest BCUT2D eigenvalue weighted by Gasteiger charge is 2.33. The van der Waals surface area contributed by atoms with Crippen LogP contribution in [0.5, 0.6) is 0 Å². The summed E-state index contributed by atoms with van der Waals surface area (Å²) >= 11 is 0. The van der Waals surface area contributed by atoms with E-state index in [-0.39, 0.29) is 23.3 Å². The number of nitrogens with zero attached hydrogens (tertiary/aromatic N) is 2. The van der Waals surface area contributed by atoms with Gasteiger partial charge in [-0.3, -0.25) is 9.78 Å². The SMILES string of the molecule is O=C(c1ccc(C(F)(F)F)nc1)N(CCc1ccc(F)cc1)C1CCCC1. The number of amides is 1. The van der Waals surface area contributed by atoms with Gasteiger partial charge in [-0.15, -0.1) is 0 Å². The van der Waals surface area contributed by atoms with Crippen molar-refractivity contribution in [2.45, 2.75) is 44.3 Å². The summed E-state index contributed by atoms with van der Waals surface area (Å²) in [5.74, 6) is -0.636. The lowest BCUT2D eigenvalue weighted by molar-refractivity contribution is -0.141. The molecule has 0 saturated heterocycles. The second-order valence-corrected chi connectivity index (χ2v) is 6.74. The summed E-state index contributed by atoms with van der Waals surface area (Å²) in [6.07, 6.45) is 0.815. The van der Waals surface area contributed by atoms with Crippen LogP contribution in [0.25, 0.3) is 0 Å². The topological polar surface area (TPSA) is 33.2 Å². The third-order valence-corrected chi connectivity index (χ3v) is 4.88. The van der Waals surface area contributed by atoms with E-state index in [4.69, 9.17) is 0 Å². The van der Waals surface area contributed by atoms with Crippen molar-refractivity contribution in [2.75, 3.05) is 6.54 Å². The molecule has 0 radical (unpaired) electrons. The molecule has 1 fully saturated rings. The highest BCUT2D eigenvalue weighted by Crippen LogP contribution is 2.28. The summed E-state index contributed by atoms with van der Waals surface area (Å²) in [5.41, 5.74) is 0.0320. The molecule has 0 unspecified atom stereocenters. The molecule has 1 aliphatic carbocycles. The molecule has 1 aromatic heterocycles. The van der Waals surface area contributed by atoms with Crippen LogP contribution >= 0.6 is 0 Å². The monoisotopic (exact) mass is 380 g/mol. The Kier molecular flexibility index (Phi) is 5.77. The molecule has 0 spiro atoms.